The van der Waals surface area contributed by atoms with Crippen LogP contribution < -0.4 is 0 Å². The van der Waals surface area contributed by atoms with E-state index in [4.69, 9.17) is 10.5 Å². The van der Waals surface area contributed by atoms with Crippen LogP contribution >= 0.6 is 0 Å². The van der Waals surface area contributed by atoms with E-state index in [1.165, 1.54) is 12.1 Å². The van der Waals surface area contributed by atoms with Crippen molar-refractivity contribution in [1.82, 2.24) is 0 Å². The Morgan fingerprint density at radius 3 is 2.20 bits per heavy atom. The summed E-state index contributed by atoms with van der Waals surface area (Å²) in [5.41, 5.74) is 0.701. The number of nitriles is 2. The molecule has 0 aromatic heterocycles. The molecule has 0 saturated carbocycles. The van der Waals surface area contributed by atoms with Crippen molar-refractivity contribution in [2.75, 3.05) is 0 Å². The molecule has 0 aliphatic rings. The molecule has 3 heteroatoms. The molecule has 2 atom stereocenters. The summed E-state index contributed by atoms with van der Waals surface area (Å²) in [6.07, 6.45) is 0.617. The minimum Gasteiger partial charge on any atom is -0.207 e. The molecule has 76 valence electrons. The molecular formula is C12H11FN2. The highest BCUT2D eigenvalue weighted by Crippen LogP contribution is 2.26. The first-order valence-electron chi connectivity index (χ1n) is 4.77. The third-order valence-corrected chi connectivity index (χ3v) is 2.38. The lowest BCUT2D eigenvalue weighted by atomic mass is 9.86. The van der Waals surface area contributed by atoms with Gasteiger partial charge in [0.1, 0.15) is 5.82 Å². The highest BCUT2D eigenvalue weighted by atomic mass is 19.1. The Morgan fingerprint density at radius 2 is 1.80 bits per heavy atom. The van der Waals surface area contributed by atoms with Gasteiger partial charge in [0.2, 0.25) is 0 Å². The second kappa shape index (κ2) is 5.12. The number of benzene rings is 1. The standard InChI is InChI=1S/C12H11FN2/c1-2-9(7-14)12(8-15)10-3-5-11(13)6-4-10/h3-6,9,12H,2H2,1H3. The van der Waals surface area contributed by atoms with E-state index >= 15 is 0 Å². The lowest BCUT2D eigenvalue weighted by Gasteiger charge is -2.13. The Bertz CT molecular complexity index is 397. The van der Waals surface area contributed by atoms with Crippen LogP contribution in [0.2, 0.25) is 0 Å². The topological polar surface area (TPSA) is 47.6 Å². The Labute approximate surface area is 88.6 Å². The van der Waals surface area contributed by atoms with E-state index in [1.54, 1.807) is 12.1 Å². The van der Waals surface area contributed by atoms with Crippen molar-refractivity contribution in [1.29, 1.82) is 10.5 Å². The van der Waals surface area contributed by atoms with Crippen molar-refractivity contribution >= 4 is 0 Å². The molecule has 0 saturated heterocycles. The molecule has 0 radical (unpaired) electrons. The van der Waals surface area contributed by atoms with Crippen LogP contribution in [0, 0.1) is 34.4 Å². The zero-order valence-corrected chi connectivity index (χ0v) is 8.44. The molecule has 1 rings (SSSR count). The molecule has 0 heterocycles. The Balaban J connectivity index is 2.99. The van der Waals surface area contributed by atoms with Crippen LogP contribution in [0.4, 0.5) is 4.39 Å². The fraction of sp³-hybridized carbons (Fsp3) is 0.333. The van der Waals surface area contributed by atoms with Crippen molar-refractivity contribution < 1.29 is 4.39 Å². The van der Waals surface area contributed by atoms with E-state index in [0.717, 1.165) is 0 Å². The van der Waals surface area contributed by atoms with Gasteiger partial charge in [0.15, 0.2) is 0 Å². The maximum absolute atomic E-state index is 12.7. The molecule has 1 aromatic rings. The van der Waals surface area contributed by atoms with E-state index in [2.05, 4.69) is 12.1 Å². The fourth-order valence-corrected chi connectivity index (χ4v) is 1.47. The average Bonchev–Trinajstić information content (AvgIpc) is 2.27. The summed E-state index contributed by atoms with van der Waals surface area (Å²) in [4.78, 5) is 0. The molecule has 0 aliphatic carbocycles. The quantitative estimate of drug-likeness (QED) is 0.756. The van der Waals surface area contributed by atoms with Gasteiger partial charge in [0.05, 0.1) is 24.0 Å². The van der Waals surface area contributed by atoms with Crippen molar-refractivity contribution in [3.8, 4) is 12.1 Å². The predicted molar refractivity (Wildman–Crippen MR) is 54.1 cm³/mol. The fourth-order valence-electron chi connectivity index (χ4n) is 1.47. The van der Waals surface area contributed by atoms with Crippen LogP contribution in [0.5, 0.6) is 0 Å². The lowest BCUT2D eigenvalue weighted by Crippen LogP contribution is -2.08. The normalized spacial score (nSPS) is 13.6. The Morgan fingerprint density at radius 1 is 1.20 bits per heavy atom. The zero-order valence-electron chi connectivity index (χ0n) is 8.44. The second-order valence-corrected chi connectivity index (χ2v) is 3.30. The van der Waals surface area contributed by atoms with Crippen LogP contribution in [-0.2, 0) is 0 Å². The van der Waals surface area contributed by atoms with Gasteiger partial charge in [-0.1, -0.05) is 19.1 Å². The van der Waals surface area contributed by atoms with Crippen molar-refractivity contribution in [2.24, 2.45) is 5.92 Å². The molecule has 0 fully saturated rings. The smallest absolute Gasteiger partial charge is 0.123 e. The van der Waals surface area contributed by atoms with Gasteiger partial charge in [-0.2, -0.15) is 10.5 Å². The summed E-state index contributed by atoms with van der Waals surface area (Å²) in [5.74, 6) is -1.14. The first-order valence-corrected chi connectivity index (χ1v) is 4.77. The van der Waals surface area contributed by atoms with Crippen LogP contribution in [0.1, 0.15) is 24.8 Å². The van der Waals surface area contributed by atoms with Crippen LogP contribution in [-0.4, -0.2) is 0 Å². The summed E-state index contributed by atoms with van der Waals surface area (Å²) in [6, 6.07) is 9.93. The van der Waals surface area contributed by atoms with Crippen LogP contribution in [0.3, 0.4) is 0 Å². The molecule has 0 aliphatic heterocycles. The number of nitrogens with zero attached hydrogens (tertiary/aromatic N) is 2. The molecule has 2 nitrogen and oxygen atoms in total. The Hall–Kier alpha value is -1.87. The molecule has 0 amide bonds. The molecule has 2 unspecified atom stereocenters. The van der Waals surface area contributed by atoms with Gasteiger partial charge in [-0.3, -0.25) is 0 Å². The van der Waals surface area contributed by atoms with Gasteiger partial charge >= 0.3 is 0 Å². The molecule has 1 aromatic carbocycles. The first-order chi connectivity index (χ1) is 7.22. The summed E-state index contributed by atoms with van der Waals surface area (Å²) in [7, 11) is 0. The molecule has 0 N–H and O–H groups in total. The van der Waals surface area contributed by atoms with Crippen molar-refractivity contribution in [3.05, 3.63) is 35.6 Å². The molecule has 15 heavy (non-hydrogen) atoms. The highest BCUT2D eigenvalue weighted by molar-refractivity contribution is 5.28. The lowest BCUT2D eigenvalue weighted by molar-refractivity contribution is 0.581. The minimum absolute atomic E-state index is 0.333. The van der Waals surface area contributed by atoms with E-state index in [9.17, 15) is 4.39 Å². The van der Waals surface area contributed by atoms with Crippen molar-refractivity contribution in [3.63, 3.8) is 0 Å². The number of hydrogen-bond donors (Lipinski definition) is 0. The van der Waals surface area contributed by atoms with Crippen LogP contribution in [0.15, 0.2) is 24.3 Å². The number of rotatable bonds is 3. The summed E-state index contributed by atoms with van der Waals surface area (Å²) in [5, 5.41) is 17.9. The average molecular weight is 202 g/mol. The first kappa shape index (κ1) is 11.2. The van der Waals surface area contributed by atoms with Gasteiger partial charge < -0.3 is 0 Å². The maximum atomic E-state index is 12.7. The predicted octanol–water partition coefficient (Wildman–Crippen LogP) is 2.98. The van der Waals surface area contributed by atoms with E-state index in [0.29, 0.717) is 12.0 Å². The van der Waals surface area contributed by atoms with Gasteiger partial charge in [-0.05, 0) is 24.1 Å². The van der Waals surface area contributed by atoms with Gasteiger partial charge in [-0.25, -0.2) is 4.39 Å². The summed E-state index contributed by atoms with van der Waals surface area (Å²) < 4.78 is 12.7. The van der Waals surface area contributed by atoms with Gasteiger partial charge in [0.25, 0.3) is 0 Å². The summed E-state index contributed by atoms with van der Waals surface area (Å²) in [6.45, 7) is 1.86. The second-order valence-electron chi connectivity index (χ2n) is 3.30. The monoisotopic (exact) mass is 202 g/mol. The van der Waals surface area contributed by atoms with Gasteiger partial charge in [0, 0.05) is 0 Å². The van der Waals surface area contributed by atoms with Crippen molar-refractivity contribution in [2.45, 2.75) is 19.3 Å². The third kappa shape index (κ3) is 2.54. The zero-order chi connectivity index (χ0) is 11.3. The SMILES string of the molecule is CCC(C#N)C(C#N)c1ccc(F)cc1. The molecule has 0 bridgehead atoms. The minimum atomic E-state index is -0.472. The van der Waals surface area contributed by atoms with Gasteiger partial charge in [-0.15, -0.1) is 0 Å². The Kier molecular flexibility index (Phi) is 3.83. The van der Waals surface area contributed by atoms with E-state index < -0.39 is 5.92 Å². The molecule has 0 spiro atoms. The largest absolute Gasteiger partial charge is 0.207 e. The molecular weight excluding hydrogens is 191 g/mol. The highest BCUT2D eigenvalue weighted by Gasteiger charge is 2.20. The van der Waals surface area contributed by atoms with E-state index in [1.807, 2.05) is 6.92 Å². The number of halogens is 1. The summed E-state index contributed by atoms with van der Waals surface area (Å²) >= 11 is 0. The third-order valence-electron chi connectivity index (χ3n) is 2.38. The van der Waals surface area contributed by atoms with Crippen LogP contribution in [0.25, 0.3) is 0 Å². The maximum Gasteiger partial charge on any atom is 0.123 e. The number of hydrogen-bond acceptors (Lipinski definition) is 2. The van der Waals surface area contributed by atoms with E-state index in [-0.39, 0.29) is 11.7 Å².